The molecule has 0 saturated carbocycles. The lowest BCUT2D eigenvalue weighted by Crippen LogP contribution is -2.47. The fraction of sp³-hybridized carbons (Fsp3) is 0.263. The number of hydrogen-bond acceptors (Lipinski definition) is 4. The van der Waals surface area contributed by atoms with Crippen molar-refractivity contribution in [1.29, 1.82) is 0 Å². The Morgan fingerprint density at radius 2 is 1.79 bits per heavy atom. The molecule has 3 amide bonds. The molecule has 1 fully saturated rings. The molecule has 10 heteroatoms. The van der Waals surface area contributed by atoms with Crippen LogP contribution in [-0.2, 0) is 0 Å². The van der Waals surface area contributed by atoms with Crippen molar-refractivity contribution in [2.45, 2.75) is 18.9 Å². The molecule has 29 heavy (non-hydrogen) atoms. The third-order valence-corrected chi connectivity index (χ3v) is 4.84. The van der Waals surface area contributed by atoms with Gasteiger partial charge in [-0.15, -0.1) is 0 Å². The Labute approximate surface area is 170 Å². The average molecular weight is 421 g/mol. The zero-order chi connectivity index (χ0) is 21.0. The van der Waals surface area contributed by atoms with Crippen molar-refractivity contribution in [2.24, 2.45) is 0 Å². The molecular weight excluding hydrogens is 403 g/mol. The van der Waals surface area contributed by atoms with E-state index in [1.54, 1.807) is 0 Å². The number of urea groups is 1. The van der Waals surface area contributed by atoms with E-state index in [1.807, 2.05) is 0 Å². The van der Waals surface area contributed by atoms with Crippen LogP contribution in [0.25, 0.3) is 0 Å². The maximum Gasteiger partial charge on any atom is 0.319 e. The predicted molar refractivity (Wildman–Crippen MR) is 106 cm³/mol. The lowest BCUT2D eigenvalue weighted by atomic mass is 10.0. The molecule has 0 atom stereocenters. The van der Waals surface area contributed by atoms with Gasteiger partial charge >= 0.3 is 6.03 Å². The molecule has 0 bridgehead atoms. The Balaban J connectivity index is 1.55. The normalized spacial score (nSPS) is 14.3. The summed E-state index contributed by atoms with van der Waals surface area (Å²) < 4.78 is 12.9. The Kier molecular flexibility index (Phi) is 6.28. The van der Waals surface area contributed by atoms with Crippen LogP contribution >= 0.6 is 11.6 Å². The lowest BCUT2D eigenvalue weighted by molar-refractivity contribution is -0.385. The van der Waals surface area contributed by atoms with E-state index in [0.717, 1.165) is 6.07 Å². The number of nitro benzene ring substituents is 1. The summed E-state index contributed by atoms with van der Waals surface area (Å²) in [6.07, 6.45) is 1.01. The zero-order valence-electron chi connectivity index (χ0n) is 15.2. The second-order valence-electron chi connectivity index (χ2n) is 6.59. The van der Waals surface area contributed by atoms with Crippen molar-refractivity contribution >= 4 is 34.9 Å². The van der Waals surface area contributed by atoms with E-state index in [0.29, 0.717) is 31.6 Å². The Bertz CT molecular complexity index is 930. The number of likely N-dealkylation sites (tertiary alicyclic amines) is 1. The largest absolute Gasteiger partial charge is 0.338 e. The molecule has 1 saturated heterocycles. The highest BCUT2D eigenvalue weighted by atomic mass is 35.5. The third kappa shape index (κ3) is 5.20. The van der Waals surface area contributed by atoms with Gasteiger partial charge in [-0.1, -0.05) is 11.6 Å². The van der Waals surface area contributed by atoms with E-state index >= 15 is 0 Å². The summed E-state index contributed by atoms with van der Waals surface area (Å²) in [5.74, 6) is -0.837. The second-order valence-corrected chi connectivity index (χ2v) is 7.03. The fourth-order valence-corrected chi connectivity index (χ4v) is 3.29. The number of rotatable bonds is 4. The molecule has 0 radical (unpaired) electrons. The number of nitrogens with one attached hydrogen (secondary N) is 2. The highest BCUT2D eigenvalue weighted by molar-refractivity contribution is 6.31. The minimum absolute atomic E-state index is 0.0140. The molecule has 0 unspecified atom stereocenters. The fourth-order valence-electron chi connectivity index (χ4n) is 3.12. The first kappa shape index (κ1) is 20.5. The van der Waals surface area contributed by atoms with Gasteiger partial charge in [-0.2, -0.15) is 0 Å². The first-order valence-corrected chi connectivity index (χ1v) is 9.27. The van der Waals surface area contributed by atoms with Gasteiger partial charge in [-0.25, -0.2) is 9.18 Å². The topological polar surface area (TPSA) is 105 Å². The number of nitrogens with zero attached hydrogens (tertiary/aromatic N) is 2. The van der Waals surface area contributed by atoms with E-state index in [4.69, 9.17) is 11.6 Å². The number of nitro groups is 1. The van der Waals surface area contributed by atoms with Crippen LogP contribution in [0, 0.1) is 15.9 Å². The number of carbonyl (C=O) groups excluding carboxylic acids is 2. The predicted octanol–water partition coefficient (Wildman–Crippen LogP) is 3.81. The van der Waals surface area contributed by atoms with Gasteiger partial charge in [0.05, 0.1) is 4.92 Å². The Hall–Kier alpha value is -3.20. The molecule has 2 N–H and O–H groups in total. The summed E-state index contributed by atoms with van der Waals surface area (Å²) in [6, 6.07) is 8.77. The van der Waals surface area contributed by atoms with Crippen molar-refractivity contribution in [3.05, 3.63) is 69.0 Å². The van der Waals surface area contributed by atoms with Crippen molar-refractivity contribution in [3.63, 3.8) is 0 Å². The van der Waals surface area contributed by atoms with E-state index in [-0.39, 0.29) is 22.3 Å². The summed E-state index contributed by atoms with van der Waals surface area (Å²) in [6.45, 7) is 0.695. The molecule has 0 aromatic heterocycles. The van der Waals surface area contributed by atoms with Crippen LogP contribution in [0.2, 0.25) is 5.02 Å². The standard InChI is InChI=1S/C19H18ClFN4O4/c20-12-1-6-16(17(11-12)25(28)29)18(26)24-9-7-15(8-10-24)23-19(27)22-14-4-2-13(21)3-5-14/h1-6,11,15H,7-10H2,(H2,22,23,27). The van der Waals surface area contributed by atoms with Gasteiger partial charge in [0.1, 0.15) is 11.4 Å². The number of carbonyl (C=O) groups is 2. The van der Waals surface area contributed by atoms with E-state index in [2.05, 4.69) is 10.6 Å². The molecule has 1 aliphatic heterocycles. The van der Waals surface area contributed by atoms with Gasteiger partial charge in [0.25, 0.3) is 11.6 Å². The van der Waals surface area contributed by atoms with Gasteiger partial charge in [0.2, 0.25) is 0 Å². The quantitative estimate of drug-likeness (QED) is 0.579. The smallest absolute Gasteiger partial charge is 0.319 e. The Morgan fingerprint density at radius 3 is 2.41 bits per heavy atom. The van der Waals surface area contributed by atoms with Crippen LogP contribution in [0.15, 0.2) is 42.5 Å². The molecule has 2 aromatic carbocycles. The van der Waals surface area contributed by atoms with E-state index in [1.165, 1.54) is 41.3 Å². The van der Waals surface area contributed by atoms with Crippen molar-refractivity contribution < 1.29 is 18.9 Å². The summed E-state index contributed by atoms with van der Waals surface area (Å²) in [5.41, 5.74) is 0.118. The highest BCUT2D eigenvalue weighted by Crippen LogP contribution is 2.25. The number of piperidine rings is 1. The summed E-state index contributed by atoms with van der Waals surface area (Å²) in [4.78, 5) is 36.8. The highest BCUT2D eigenvalue weighted by Gasteiger charge is 2.29. The Morgan fingerprint density at radius 1 is 1.14 bits per heavy atom. The summed E-state index contributed by atoms with van der Waals surface area (Å²) in [7, 11) is 0. The number of anilines is 1. The van der Waals surface area contributed by atoms with Gasteiger partial charge in [0.15, 0.2) is 0 Å². The van der Waals surface area contributed by atoms with E-state index < -0.39 is 22.7 Å². The van der Waals surface area contributed by atoms with Crippen LogP contribution in [0.1, 0.15) is 23.2 Å². The summed E-state index contributed by atoms with van der Waals surface area (Å²) >= 11 is 5.79. The molecule has 0 aliphatic carbocycles. The van der Waals surface area contributed by atoms with Crippen LogP contribution < -0.4 is 10.6 Å². The SMILES string of the molecule is O=C(Nc1ccc(F)cc1)NC1CCN(C(=O)c2ccc(Cl)cc2[N+](=O)[O-])CC1. The second kappa shape index (κ2) is 8.87. The van der Waals surface area contributed by atoms with Crippen LogP contribution in [0.3, 0.4) is 0 Å². The first-order valence-electron chi connectivity index (χ1n) is 8.90. The monoisotopic (exact) mass is 420 g/mol. The van der Waals surface area contributed by atoms with Gasteiger partial charge in [0, 0.05) is 35.9 Å². The zero-order valence-corrected chi connectivity index (χ0v) is 16.0. The molecule has 8 nitrogen and oxygen atoms in total. The minimum atomic E-state index is -0.632. The number of benzene rings is 2. The third-order valence-electron chi connectivity index (χ3n) is 4.61. The molecular formula is C19H18ClFN4O4. The van der Waals surface area contributed by atoms with Crippen LogP contribution in [0.4, 0.5) is 20.6 Å². The number of halogens is 2. The van der Waals surface area contributed by atoms with Gasteiger partial charge in [-0.05, 0) is 49.2 Å². The van der Waals surface area contributed by atoms with E-state index in [9.17, 15) is 24.1 Å². The maximum atomic E-state index is 12.9. The summed E-state index contributed by atoms with van der Waals surface area (Å²) in [5, 5.41) is 16.8. The number of hydrogen-bond donors (Lipinski definition) is 2. The van der Waals surface area contributed by atoms with Crippen molar-refractivity contribution in [2.75, 3.05) is 18.4 Å². The van der Waals surface area contributed by atoms with Gasteiger partial charge < -0.3 is 15.5 Å². The molecule has 152 valence electrons. The minimum Gasteiger partial charge on any atom is -0.338 e. The number of amides is 3. The van der Waals surface area contributed by atoms with Crippen LogP contribution in [0.5, 0.6) is 0 Å². The maximum absolute atomic E-state index is 12.9. The molecule has 0 spiro atoms. The lowest BCUT2D eigenvalue weighted by Gasteiger charge is -2.32. The molecule has 1 aliphatic rings. The van der Waals surface area contributed by atoms with Crippen molar-refractivity contribution in [1.82, 2.24) is 10.2 Å². The molecule has 2 aromatic rings. The van der Waals surface area contributed by atoms with Crippen LogP contribution in [-0.4, -0.2) is 40.9 Å². The van der Waals surface area contributed by atoms with Gasteiger partial charge in [-0.3, -0.25) is 14.9 Å². The molecule has 1 heterocycles. The molecule has 3 rings (SSSR count). The first-order chi connectivity index (χ1) is 13.8. The van der Waals surface area contributed by atoms with Crippen molar-refractivity contribution in [3.8, 4) is 0 Å². The average Bonchev–Trinajstić information content (AvgIpc) is 2.69.